The fourth-order valence-corrected chi connectivity index (χ4v) is 1.22. The molecule has 1 aromatic carbocycles. The number of nitrogens with two attached hydrogens (primary N) is 1. The van der Waals surface area contributed by atoms with E-state index in [0.29, 0.717) is 17.1 Å². The number of ether oxygens (including phenoxy) is 2. The van der Waals surface area contributed by atoms with Gasteiger partial charge in [0.05, 0.1) is 26.3 Å². The Morgan fingerprint density at radius 2 is 2.07 bits per heavy atom. The van der Waals surface area contributed by atoms with E-state index >= 15 is 0 Å². The Morgan fingerprint density at radius 3 is 2.57 bits per heavy atom. The lowest BCUT2D eigenvalue weighted by Crippen LogP contribution is -2.14. The number of carbonyl (C=O) groups excluding carboxylic acids is 1. The fraction of sp³-hybridized carbons (Fsp3) is 0.300. The molecule has 0 unspecified atom stereocenters. The van der Waals surface area contributed by atoms with Crippen molar-refractivity contribution in [1.82, 2.24) is 0 Å². The van der Waals surface area contributed by atoms with Crippen LogP contribution in [0.1, 0.15) is 10.4 Å². The molecule has 0 aliphatic carbocycles. The van der Waals surface area contributed by atoms with E-state index in [1.54, 1.807) is 18.2 Å². The van der Waals surface area contributed by atoms with Gasteiger partial charge in [0.1, 0.15) is 0 Å². The number of methoxy groups -OCH3 is 2. The average molecular weight is 195 g/mol. The maximum atomic E-state index is 11.4. The van der Waals surface area contributed by atoms with Crippen LogP contribution in [0.25, 0.3) is 0 Å². The lowest BCUT2D eigenvalue weighted by molar-refractivity contribution is 0.0998. The van der Waals surface area contributed by atoms with Gasteiger partial charge >= 0.3 is 0 Å². The summed E-state index contributed by atoms with van der Waals surface area (Å²) in [6.45, 7) is -0.0382. The summed E-state index contributed by atoms with van der Waals surface area (Å²) in [5.74, 6) is 0.804. The molecule has 0 fully saturated rings. The summed E-state index contributed by atoms with van der Waals surface area (Å²) in [5, 5.41) is 0. The summed E-state index contributed by atoms with van der Waals surface area (Å²) in [7, 11) is 3.01. The second-order valence-corrected chi connectivity index (χ2v) is 2.67. The molecule has 0 aliphatic heterocycles. The lowest BCUT2D eigenvalue weighted by atomic mass is 10.1. The number of para-hydroxylation sites is 1. The molecule has 1 rings (SSSR count). The van der Waals surface area contributed by atoms with Crippen LogP contribution >= 0.6 is 0 Å². The quantitative estimate of drug-likeness (QED) is 0.723. The summed E-state index contributed by atoms with van der Waals surface area (Å²) in [4.78, 5) is 11.4. The smallest absolute Gasteiger partial charge is 0.180 e. The van der Waals surface area contributed by atoms with E-state index in [0.717, 1.165) is 0 Å². The van der Waals surface area contributed by atoms with Crippen molar-refractivity contribution in [2.45, 2.75) is 0 Å². The van der Waals surface area contributed by atoms with Crippen LogP contribution in [-0.4, -0.2) is 26.5 Å². The van der Waals surface area contributed by atoms with Gasteiger partial charge in [-0.3, -0.25) is 4.79 Å². The van der Waals surface area contributed by atoms with Gasteiger partial charge in [-0.1, -0.05) is 6.07 Å². The largest absolute Gasteiger partial charge is 0.493 e. The van der Waals surface area contributed by atoms with Gasteiger partial charge in [-0.25, -0.2) is 0 Å². The first kappa shape index (κ1) is 10.5. The molecule has 0 aromatic heterocycles. The van der Waals surface area contributed by atoms with Crippen molar-refractivity contribution in [3.8, 4) is 11.5 Å². The average Bonchev–Trinajstić information content (AvgIpc) is 2.26. The molecule has 76 valence electrons. The zero-order chi connectivity index (χ0) is 10.6. The normalized spacial score (nSPS) is 9.64. The molecule has 0 amide bonds. The summed E-state index contributed by atoms with van der Waals surface area (Å²) >= 11 is 0. The Kier molecular flexibility index (Phi) is 3.48. The zero-order valence-electron chi connectivity index (χ0n) is 8.24. The number of carbonyl (C=O) groups is 1. The van der Waals surface area contributed by atoms with E-state index in [4.69, 9.17) is 15.2 Å². The Morgan fingerprint density at radius 1 is 1.36 bits per heavy atom. The van der Waals surface area contributed by atoms with Crippen molar-refractivity contribution in [3.63, 3.8) is 0 Å². The first-order chi connectivity index (χ1) is 6.74. The molecule has 1 aromatic rings. The molecule has 0 bridgehead atoms. The molecule has 2 N–H and O–H groups in total. The summed E-state index contributed by atoms with van der Waals surface area (Å²) in [6.07, 6.45) is 0. The minimum atomic E-state index is -0.166. The summed E-state index contributed by atoms with van der Waals surface area (Å²) in [6, 6.07) is 5.12. The third-order valence-corrected chi connectivity index (χ3v) is 1.89. The topological polar surface area (TPSA) is 61.5 Å². The van der Waals surface area contributed by atoms with Crippen molar-refractivity contribution in [2.75, 3.05) is 20.8 Å². The third-order valence-electron chi connectivity index (χ3n) is 1.89. The number of hydrogen-bond acceptors (Lipinski definition) is 4. The van der Waals surface area contributed by atoms with Crippen molar-refractivity contribution in [2.24, 2.45) is 5.73 Å². The van der Waals surface area contributed by atoms with Crippen LogP contribution < -0.4 is 15.2 Å². The molecular weight excluding hydrogens is 182 g/mol. The van der Waals surface area contributed by atoms with Crippen molar-refractivity contribution < 1.29 is 14.3 Å². The van der Waals surface area contributed by atoms with Crippen LogP contribution in [-0.2, 0) is 0 Å². The van der Waals surface area contributed by atoms with Gasteiger partial charge in [-0.05, 0) is 12.1 Å². The van der Waals surface area contributed by atoms with Gasteiger partial charge in [0, 0.05) is 0 Å². The highest BCUT2D eigenvalue weighted by molar-refractivity contribution is 6.00. The number of benzene rings is 1. The van der Waals surface area contributed by atoms with Crippen LogP contribution in [0.2, 0.25) is 0 Å². The van der Waals surface area contributed by atoms with E-state index < -0.39 is 0 Å². The molecule has 0 aliphatic rings. The van der Waals surface area contributed by atoms with E-state index in [1.165, 1.54) is 14.2 Å². The highest BCUT2D eigenvalue weighted by Gasteiger charge is 2.14. The standard InChI is InChI=1S/C10H13NO3/c1-13-9-5-3-4-7(8(12)6-11)10(9)14-2/h3-5H,6,11H2,1-2H3. The van der Waals surface area contributed by atoms with E-state index in [-0.39, 0.29) is 12.3 Å². The number of hydrogen-bond donors (Lipinski definition) is 1. The third kappa shape index (κ3) is 1.85. The molecule has 0 saturated heterocycles. The van der Waals surface area contributed by atoms with Crippen LogP contribution in [0.3, 0.4) is 0 Å². The SMILES string of the molecule is COc1cccc(C(=O)CN)c1OC. The Bertz CT molecular complexity index is 336. The lowest BCUT2D eigenvalue weighted by Gasteiger charge is -2.10. The number of Topliss-reactive ketones (excluding diaryl/α,β-unsaturated/α-hetero) is 1. The first-order valence-electron chi connectivity index (χ1n) is 4.18. The van der Waals surface area contributed by atoms with Crippen LogP contribution in [0.4, 0.5) is 0 Å². The highest BCUT2D eigenvalue weighted by atomic mass is 16.5. The van der Waals surface area contributed by atoms with Crippen molar-refractivity contribution >= 4 is 5.78 Å². The Balaban J connectivity index is 3.21. The second kappa shape index (κ2) is 4.62. The van der Waals surface area contributed by atoms with Gasteiger partial charge in [-0.2, -0.15) is 0 Å². The highest BCUT2D eigenvalue weighted by Crippen LogP contribution is 2.30. The fourth-order valence-electron chi connectivity index (χ4n) is 1.22. The van der Waals surface area contributed by atoms with E-state index in [2.05, 4.69) is 0 Å². The molecule has 4 nitrogen and oxygen atoms in total. The molecule has 0 atom stereocenters. The zero-order valence-corrected chi connectivity index (χ0v) is 8.24. The predicted octanol–water partition coefficient (Wildman–Crippen LogP) is 0.845. The molecule has 0 heterocycles. The van der Waals surface area contributed by atoms with Crippen LogP contribution in [0.15, 0.2) is 18.2 Å². The van der Waals surface area contributed by atoms with Gasteiger partial charge < -0.3 is 15.2 Å². The minimum Gasteiger partial charge on any atom is -0.493 e. The Hall–Kier alpha value is -1.55. The minimum absolute atomic E-state index is 0.0382. The van der Waals surface area contributed by atoms with Crippen molar-refractivity contribution in [1.29, 1.82) is 0 Å². The molecule has 0 radical (unpaired) electrons. The molecule has 14 heavy (non-hydrogen) atoms. The van der Waals surface area contributed by atoms with E-state index in [1.807, 2.05) is 0 Å². The monoisotopic (exact) mass is 195 g/mol. The summed E-state index contributed by atoms with van der Waals surface area (Å²) < 4.78 is 10.1. The molecule has 0 spiro atoms. The summed E-state index contributed by atoms with van der Waals surface area (Å²) in [5.41, 5.74) is 5.73. The molecular formula is C10H13NO3. The van der Waals surface area contributed by atoms with E-state index in [9.17, 15) is 4.79 Å². The number of ketones is 1. The number of rotatable bonds is 4. The van der Waals surface area contributed by atoms with Gasteiger partial charge in [0.15, 0.2) is 17.3 Å². The maximum absolute atomic E-state index is 11.4. The van der Waals surface area contributed by atoms with Crippen LogP contribution in [0, 0.1) is 0 Å². The van der Waals surface area contributed by atoms with Gasteiger partial charge in [0.2, 0.25) is 0 Å². The van der Waals surface area contributed by atoms with Gasteiger partial charge in [0.25, 0.3) is 0 Å². The van der Waals surface area contributed by atoms with Crippen LogP contribution in [0.5, 0.6) is 11.5 Å². The van der Waals surface area contributed by atoms with Gasteiger partial charge in [-0.15, -0.1) is 0 Å². The van der Waals surface area contributed by atoms with Crippen molar-refractivity contribution in [3.05, 3.63) is 23.8 Å². The first-order valence-corrected chi connectivity index (χ1v) is 4.18. The molecule has 0 saturated carbocycles. The maximum Gasteiger partial charge on any atom is 0.180 e. The molecule has 4 heteroatoms. The second-order valence-electron chi connectivity index (χ2n) is 2.67. The Labute approximate surface area is 82.6 Å². The predicted molar refractivity (Wildman–Crippen MR) is 52.9 cm³/mol.